The molecule has 2 atom stereocenters. The molecule has 1 rings (SSSR count). The molecule has 0 aliphatic rings. The zero-order chi connectivity index (χ0) is 19.2. The highest BCUT2D eigenvalue weighted by molar-refractivity contribution is 6.30. The summed E-state index contributed by atoms with van der Waals surface area (Å²) in [6.07, 6.45) is -1.60. The SMILES string of the molecule is CC(OC(=O)NC(CCC(=O)O)c1ccc(Cl)cc1)C(=O)C(C)(C)C. The Morgan fingerprint density at radius 1 is 1.20 bits per heavy atom. The number of hydrogen-bond acceptors (Lipinski definition) is 4. The highest BCUT2D eigenvalue weighted by Gasteiger charge is 2.29. The van der Waals surface area contributed by atoms with Crippen molar-refractivity contribution >= 4 is 29.4 Å². The molecule has 0 fully saturated rings. The standard InChI is InChI=1S/C18H24ClNO5/c1-11(16(23)18(2,3)4)25-17(24)20-14(9-10-15(21)22)12-5-7-13(19)8-6-12/h5-8,11,14H,9-10H2,1-4H3,(H,20,24)(H,21,22). The second-order valence-electron chi connectivity index (χ2n) is 6.84. The van der Waals surface area contributed by atoms with Gasteiger partial charge in [0, 0.05) is 16.9 Å². The van der Waals surface area contributed by atoms with Crippen molar-refractivity contribution in [2.45, 2.75) is 52.7 Å². The number of halogens is 1. The molecule has 0 heterocycles. The van der Waals surface area contributed by atoms with Crippen LogP contribution in [0.2, 0.25) is 5.02 Å². The van der Waals surface area contributed by atoms with Crippen LogP contribution in [0.1, 0.15) is 52.1 Å². The summed E-state index contributed by atoms with van der Waals surface area (Å²) in [4.78, 5) is 35.1. The van der Waals surface area contributed by atoms with E-state index in [1.807, 2.05) is 0 Å². The van der Waals surface area contributed by atoms with Gasteiger partial charge in [0.1, 0.15) is 0 Å². The summed E-state index contributed by atoms with van der Waals surface area (Å²) in [5, 5.41) is 12.0. The van der Waals surface area contributed by atoms with Gasteiger partial charge in [0.15, 0.2) is 11.9 Å². The van der Waals surface area contributed by atoms with E-state index in [1.54, 1.807) is 45.0 Å². The van der Waals surface area contributed by atoms with Crippen molar-refractivity contribution < 1.29 is 24.2 Å². The fraction of sp³-hybridized carbons (Fsp3) is 0.500. The third-order valence-electron chi connectivity index (χ3n) is 3.60. The molecule has 0 bridgehead atoms. The first kappa shape index (κ1) is 21.0. The predicted molar refractivity (Wildman–Crippen MR) is 94.6 cm³/mol. The van der Waals surface area contributed by atoms with Gasteiger partial charge in [-0.25, -0.2) is 4.79 Å². The second-order valence-corrected chi connectivity index (χ2v) is 7.28. The van der Waals surface area contributed by atoms with E-state index in [-0.39, 0.29) is 18.6 Å². The number of carbonyl (C=O) groups excluding carboxylic acids is 2. The van der Waals surface area contributed by atoms with E-state index >= 15 is 0 Å². The predicted octanol–water partition coefficient (Wildman–Crippen LogP) is 3.98. The van der Waals surface area contributed by atoms with Crippen LogP contribution in [-0.2, 0) is 14.3 Å². The number of carboxylic acids is 1. The summed E-state index contributed by atoms with van der Waals surface area (Å²) >= 11 is 5.85. The maximum Gasteiger partial charge on any atom is 0.408 e. The Hall–Kier alpha value is -2.08. The maximum absolute atomic E-state index is 12.1. The van der Waals surface area contributed by atoms with Gasteiger partial charge in [-0.2, -0.15) is 0 Å². The molecule has 1 aromatic carbocycles. The van der Waals surface area contributed by atoms with Crippen LogP contribution in [0.5, 0.6) is 0 Å². The Labute approximate surface area is 152 Å². The molecule has 2 N–H and O–H groups in total. The monoisotopic (exact) mass is 369 g/mol. The topological polar surface area (TPSA) is 92.7 Å². The van der Waals surface area contributed by atoms with Crippen LogP contribution in [0.15, 0.2) is 24.3 Å². The Balaban J connectivity index is 2.79. The number of amides is 1. The van der Waals surface area contributed by atoms with Crippen molar-refractivity contribution in [1.29, 1.82) is 0 Å². The molecule has 138 valence electrons. The molecule has 0 aromatic heterocycles. The summed E-state index contributed by atoms with van der Waals surface area (Å²) in [6.45, 7) is 6.76. The van der Waals surface area contributed by atoms with E-state index < -0.39 is 29.6 Å². The minimum absolute atomic E-state index is 0.121. The van der Waals surface area contributed by atoms with E-state index in [1.165, 1.54) is 6.92 Å². The summed E-state index contributed by atoms with van der Waals surface area (Å²) in [5.41, 5.74) is 0.0795. The van der Waals surface area contributed by atoms with Crippen LogP contribution in [0.25, 0.3) is 0 Å². The van der Waals surface area contributed by atoms with Crippen molar-refractivity contribution in [3.8, 4) is 0 Å². The third kappa shape index (κ3) is 7.13. The summed E-state index contributed by atoms with van der Waals surface area (Å²) in [7, 11) is 0. The summed E-state index contributed by atoms with van der Waals surface area (Å²) in [5.74, 6) is -1.17. The lowest BCUT2D eigenvalue weighted by molar-refractivity contribution is -0.137. The number of ketones is 1. The van der Waals surface area contributed by atoms with Crippen molar-refractivity contribution in [3.05, 3.63) is 34.9 Å². The van der Waals surface area contributed by atoms with E-state index in [0.717, 1.165) is 0 Å². The van der Waals surface area contributed by atoms with Gasteiger partial charge >= 0.3 is 12.1 Å². The average Bonchev–Trinajstić information content (AvgIpc) is 2.50. The molecule has 0 radical (unpaired) electrons. The fourth-order valence-electron chi connectivity index (χ4n) is 2.29. The Bertz CT molecular complexity index is 621. The molecule has 1 aromatic rings. The number of carboxylic acid groups (broad SMARTS) is 1. The van der Waals surface area contributed by atoms with Crippen molar-refractivity contribution in [3.63, 3.8) is 0 Å². The largest absolute Gasteiger partial charge is 0.481 e. The van der Waals surface area contributed by atoms with Crippen LogP contribution in [0, 0.1) is 5.41 Å². The highest BCUT2D eigenvalue weighted by Crippen LogP contribution is 2.22. The first-order chi connectivity index (χ1) is 11.5. The molecule has 0 aliphatic carbocycles. The number of aliphatic carboxylic acids is 1. The molecular formula is C18H24ClNO5. The molecule has 0 aliphatic heterocycles. The van der Waals surface area contributed by atoms with Crippen molar-refractivity contribution in [1.82, 2.24) is 5.32 Å². The number of ether oxygens (including phenoxy) is 1. The van der Waals surface area contributed by atoms with Crippen LogP contribution in [-0.4, -0.2) is 29.1 Å². The minimum Gasteiger partial charge on any atom is -0.481 e. The zero-order valence-electron chi connectivity index (χ0n) is 14.8. The molecule has 1 amide bonds. The van der Waals surface area contributed by atoms with Gasteiger partial charge in [0.25, 0.3) is 0 Å². The fourth-order valence-corrected chi connectivity index (χ4v) is 2.41. The quantitative estimate of drug-likeness (QED) is 0.758. The number of Topliss-reactive ketones (excluding diaryl/α,β-unsaturated/α-hetero) is 1. The summed E-state index contributed by atoms with van der Waals surface area (Å²) < 4.78 is 5.15. The molecule has 25 heavy (non-hydrogen) atoms. The lowest BCUT2D eigenvalue weighted by Gasteiger charge is -2.24. The molecule has 0 spiro atoms. The number of rotatable bonds is 7. The number of alkyl carbamates (subject to hydrolysis) is 1. The zero-order valence-corrected chi connectivity index (χ0v) is 15.6. The van der Waals surface area contributed by atoms with Crippen LogP contribution >= 0.6 is 11.6 Å². The van der Waals surface area contributed by atoms with Gasteiger partial charge < -0.3 is 15.2 Å². The van der Waals surface area contributed by atoms with Crippen LogP contribution in [0.4, 0.5) is 4.79 Å². The number of hydrogen-bond donors (Lipinski definition) is 2. The van der Waals surface area contributed by atoms with Crippen LogP contribution in [0.3, 0.4) is 0 Å². The number of carbonyl (C=O) groups is 3. The molecule has 0 saturated carbocycles. The third-order valence-corrected chi connectivity index (χ3v) is 3.86. The molecular weight excluding hydrogens is 346 g/mol. The summed E-state index contributed by atoms with van der Waals surface area (Å²) in [6, 6.07) is 6.17. The Morgan fingerprint density at radius 2 is 1.76 bits per heavy atom. The first-order valence-electron chi connectivity index (χ1n) is 7.99. The Kier molecular flexibility index (Phi) is 7.42. The minimum atomic E-state index is -0.967. The smallest absolute Gasteiger partial charge is 0.408 e. The molecule has 7 heteroatoms. The van der Waals surface area contributed by atoms with Crippen LogP contribution < -0.4 is 5.32 Å². The van der Waals surface area contributed by atoms with Gasteiger partial charge in [-0.1, -0.05) is 44.5 Å². The van der Waals surface area contributed by atoms with E-state index in [9.17, 15) is 14.4 Å². The van der Waals surface area contributed by atoms with E-state index in [0.29, 0.717) is 10.6 Å². The average molecular weight is 370 g/mol. The maximum atomic E-state index is 12.1. The molecule has 0 saturated heterocycles. The van der Waals surface area contributed by atoms with Gasteiger partial charge in [-0.15, -0.1) is 0 Å². The van der Waals surface area contributed by atoms with Gasteiger partial charge in [-0.3, -0.25) is 9.59 Å². The number of benzene rings is 1. The van der Waals surface area contributed by atoms with E-state index in [2.05, 4.69) is 5.32 Å². The molecule has 2 unspecified atom stereocenters. The van der Waals surface area contributed by atoms with Crippen molar-refractivity contribution in [2.24, 2.45) is 5.41 Å². The Morgan fingerprint density at radius 3 is 2.24 bits per heavy atom. The second kappa shape index (κ2) is 8.85. The van der Waals surface area contributed by atoms with Gasteiger partial charge in [0.05, 0.1) is 6.04 Å². The number of nitrogens with one attached hydrogen (secondary N) is 1. The van der Waals surface area contributed by atoms with E-state index in [4.69, 9.17) is 21.4 Å². The molecule has 6 nitrogen and oxygen atoms in total. The van der Waals surface area contributed by atoms with Gasteiger partial charge in [0.2, 0.25) is 0 Å². The van der Waals surface area contributed by atoms with Gasteiger partial charge in [-0.05, 0) is 31.0 Å². The lowest BCUT2D eigenvalue weighted by Crippen LogP contribution is -2.38. The highest BCUT2D eigenvalue weighted by atomic mass is 35.5. The normalized spacial score (nSPS) is 13.6. The van der Waals surface area contributed by atoms with Crippen molar-refractivity contribution in [2.75, 3.05) is 0 Å². The lowest BCUT2D eigenvalue weighted by atomic mass is 9.88. The first-order valence-corrected chi connectivity index (χ1v) is 8.37.